The third-order valence-electron chi connectivity index (χ3n) is 2.96. The van der Waals surface area contributed by atoms with Crippen molar-refractivity contribution in [2.75, 3.05) is 26.3 Å². The molecule has 112 valence electrons. The first-order chi connectivity index (χ1) is 10.0. The molecule has 0 saturated carbocycles. The molecule has 8 heteroatoms. The van der Waals surface area contributed by atoms with Gasteiger partial charge in [0.05, 0.1) is 13.2 Å². The molecule has 1 unspecified atom stereocenters. The second-order valence-electron chi connectivity index (χ2n) is 4.40. The molecule has 2 rings (SSSR count). The molecule has 1 atom stereocenters. The molecule has 0 aliphatic carbocycles. The average molecular weight is 298 g/mol. The summed E-state index contributed by atoms with van der Waals surface area (Å²) < 4.78 is 37.0. The maximum Gasteiger partial charge on any atom is 0.407 e. The Morgan fingerprint density at radius 1 is 1.57 bits per heavy atom. The molecule has 1 heterocycles. The van der Waals surface area contributed by atoms with Crippen LogP contribution in [0.15, 0.2) is 12.1 Å². The third-order valence-corrected chi connectivity index (χ3v) is 2.96. The quantitative estimate of drug-likeness (QED) is 0.916. The molecule has 1 aromatic rings. The number of benzene rings is 1. The first-order valence-corrected chi connectivity index (χ1v) is 6.12. The molecule has 0 bridgehead atoms. The van der Waals surface area contributed by atoms with Gasteiger partial charge in [0.2, 0.25) is 0 Å². The molecule has 1 saturated heterocycles. The minimum Gasteiger partial charge on any atom is -0.489 e. The highest BCUT2D eigenvalue weighted by Crippen LogP contribution is 2.23. The Labute approximate surface area is 119 Å². The molecule has 6 nitrogen and oxygen atoms in total. The summed E-state index contributed by atoms with van der Waals surface area (Å²) in [6, 6.07) is 3.09. The number of rotatable bonds is 3. The fraction of sp³-hybridized carbons (Fsp3) is 0.385. The number of hydrogen-bond acceptors (Lipinski definition) is 4. The predicted octanol–water partition coefficient (Wildman–Crippen LogP) is 1.59. The zero-order valence-electron chi connectivity index (χ0n) is 10.9. The molecule has 0 aromatic heterocycles. The van der Waals surface area contributed by atoms with E-state index >= 15 is 0 Å². The third kappa shape index (κ3) is 3.58. The van der Waals surface area contributed by atoms with Gasteiger partial charge in [-0.15, -0.1) is 0 Å². The first-order valence-electron chi connectivity index (χ1n) is 6.12. The van der Waals surface area contributed by atoms with Gasteiger partial charge in [-0.25, -0.2) is 13.6 Å². The van der Waals surface area contributed by atoms with Crippen LogP contribution in [0.5, 0.6) is 5.75 Å². The SMILES string of the molecule is N#Cc1c(F)cc(F)cc1OCC1CN(C(=O)O)CCO1. The van der Waals surface area contributed by atoms with Gasteiger partial charge in [0.25, 0.3) is 0 Å². The lowest BCUT2D eigenvalue weighted by Crippen LogP contribution is -2.47. The second-order valence-corrected chi connectivity index (χ2v) is 4.40. The van der Waals surface area contributed by atoms with E-state index in [4.69, 9.17) is 19.8 Å². The summed E-state index contributed by atoms with van der Waals surface area (Å²) in [4.78, 5) is 12.0. The number of nitrogens with zero attached hydrogens (tertiary/aromatic N) is 2. The Morgan fingerprint density at radius 2 is 2.33 bits per heavy atom. The van der Waals surface area contributed by atoms with Gasteiger partial charge in [0.15, 0.2) is 0 Å². The van der Waals surface area contributed by atoms with E-state index in [9.17, 15) is 13.6 Å². The van der Waals surface area contributed by atoms with Crippen molar-refractivity contribution in [3.05, 3.63) is 29.3 Å². The van der Waals surface area contributed by atoms with Gasteiger partial charge in [-0.1, -0.05) is 0 Å². The highest BCUT2D eigenvalue weighted by Gasteiger charge is 2.25. The number of hydrogen-bond donors (Lipinski definition) is 1. The van der Waals surface area contributed by atoms with Gasteiger partial charge in [0.1, 0.15) is 41.7 Å². The number of carboxylic acid groups (broad SMARTS) is 1. The van der Waals surface area contributed by atoms with Crippen LogP contribution in [0.2, 0.25) is 0 Å². The van der Waals surface area contributed by atoms with Crippen molar-refractivity contribution in [2.24, 2.45) is 0 Å². The summed E-state index contributed by atoms with van der Waals surface area (Å²) in [5.74, 6) is -2.10. The number of halogens is 2. The van der Waals surface area contributed by atoms with Crippen LogP contribution >= 0.6 is 0 Å². The van der Waals surface area contributed by atoms with Crippen LogP contribution in [0.4, 0.5) is 13.6 Å². The van der Waals surface area contributed by atoms with E-state index in [1.165, 1.54) is 0 Å². The Balaban J connectivity index is 2.03. The van der Waals surface area contributed by atoms with Gasteiger partial charge >= 0.3 is 6.09 Å². The Bertz CT molecular complexity index is 588. The maximum atomic E-state index is 13.4. The van der Waals surface area contributed by atoms with Crippen molar-refractivity contribution in [1.29, 1.82) is 5.26 Å². The number of carbonyl (C=O) groups is 1. The van der Waals surface area contributed by atoms with Crippen LogP contribution in [0.1, 0.15) is 5.56 Å². The largest absolute Gasteiger partial charge is 0.489 e. The molecule has 0 radical (unpaired) electrons. The van der Waals surface area contributed by atoms with E-state index in [-0.39, 0.29) is 32.1 Å². The number of morpholine rings is 1. The van der Waals surface area contributed by atoms with Gasteiger partial charge in [-0.3, -0.25) is 0 Å². The average Bonchev–Trinajstić information content (AvgIpc) is 2.45. The normalized spacial score (nSPS) is 18.1. The zero-order valence-corrected chi connectivity index (χ0v) is 10.9. The Morgan fingerprint density at radius 3 is 3.00 bits per heavy atom. The first kappa shape index (κ1) is 15.0. The predicted molar refractivity (Wildman–Crippen MR) is 65.9 cm³/mol. The van der Waals surface area contributed by atoms with Crippen LogP contribution in [0.3, 0.4) is 0 Å². The van der Waals surface area contributed by atoms with Gasteiger partial charge < -0.3 is 19.5 Å². The molecule has 1 N–H and O–H groups in total. The smallest absolute Gasteiger partial charge is 0.407 e. The van der Waals surface area contributed by atoms with Gasteiger partial charge in [0, 0.05) is 18.7 Å². The van der Waals surface area contributed by atoms with Crippen LogP contribution in [0, 0.1) is 23.0 Å². The Hall–Kier alpha value is -2.40. The zero-order chi connectivity index (χ0) is 15.4. The monoisotopic (exact) mass is 298 g/mol. The molecule has 1 aliphatic rings. The van der Waals surface area contributed by atoms with Crippen LogP contribution in [0.25, 0.3) is 0 Å². The van der Waals surface area contributed by atoms with Crippen LogP contribution < -0.4 is 4.74 Å². The van der Waals surface area contributed by atoms with E-state index in [1.807, 2.05) is 0 Å². The highest BCUT2D eigenvalue weighted by atomic mass is 19.1. The van der Waals surface area contributed by atoms with E-state index in [1.54, 1.807) is 6.07 Å². The van der Waals surface area contributed by atoms with Crippen LogP contribution in [-0.2, 0) is 4.74 Å². The summed E-state index contributed by atoms with van der Waals surface area (Å²) in [6.07, 6.45) is -1.63. The van der Waals surface area contributed by atoms with Gasteiger partial charge in [-0.05, 0) is 0 Å². The second kappa shape index (κ2) is 6.37. The lowest BCUT2D eigenvalue weighted by molar-refractivity contribution is -0.0413. The van der Waals surface area contributed by atoms with Crippen molar-refractivity contribution in [2.45, 2.75) is 6.10 Å². The Kier molecular flexibility index (Phi) is 4.55. The lowest BCUT2D eigenvalue weighted by atomic mass is 10.2. The summed E-state index contributed by atoms with van der Waals surface area (Å²) in [7, 11) is 0. The van der Waals surface area contributed by atoms with Crippen molar-refractivity contribution >= 4 is 6.09 Å². The molecule has 1 amide bonds. The highest BCUT2D eigenvalue weighted by molar-refractivity contribution is 5.65. The fourth-order valence-corrected chi connectivity index (χ4v) is 1.95. The maximum absolute atomic E-state index is 13.4. The van der Waals surface area contributed by atoms with Crippen molar-refractivity contribution in [1.82, 2.24) is 4.90 Å². The van der Waals surface area contributed by atoms with Crippen molar-refractivity contribution in [3.8, 4) is 11.8 Å². The summed E-state index contributed by atoms with van der Waals surface area (Å²) in [5.41, 5.74) is -0.401. The topological polar surface area (TPSA) is 82.8 Å². The molecule has 21 heavy (non-hydrogen) atoms. The summed E-state index contributed by atoms with van der Waals surface area (Å²) >= 11 is 0. The molecular formula is C13H12F2N2O4. The number of nitriles is 1. The number of amides is 1. The molecule has 0 spiro atoms. The lowest BCUT2D eigenvalue weighted by Gasteiger charge is -2.30. The minimum absolute atomic E-state index is 0.0923. The van der Waals surface area contributed by atoms with E-state index in [2.05, 4.69) is 0 Å². The van der Waals surface area contributed by atoms with E-state index in [0.717, 1.165) is 11.0 Å². The van der Waals surface area contributed by atoms with E-state index < -0.39 is 29.4 Å². The summed E-state index contributed by atoms with van der Waals surface area (Å²) in [5, 5.41) is 17.7. The molecule has 1 aromatic carbocycles. The van der Waals surface area contributed by atoms with Crippen LogP contribution in [-0.4, -0.2) is 48.5 Å². The van der Waals surface area contributed by atoms with E-state index in [0.29, 0.717) is 6.07 Å². The number of ether oxygens (including phenoxy) is 2. The molecular weight excluding hydrogens is 286 g/mol. The fourth-order valence-electron chi connectivity index (χ4n) is 1.95. The van der Waals surface area contributed by atoms with Gasteiger partial charge in [-0.2, -0.15) is 5.26 Å². The van der Waals surface area contributed by atoms with Crippen molar-refractivity contribution < 1.29 is 28.2 Å². The minimum atomic E-state index is -1.07. The standard InChI is InChI=1S/C13H12F2N2O4/c14-8-3-11(15)10(5-16)12(4-8)21-7-9-6-17(13(18)19)1-2-20-9/h3-4,9H,1-2,6-7H2,(H,18,19). The molecule has 1 fully saturated rings. The summed E-state index contributed by atoms with van der Waals surface area (Å²) in [6.45, 7) is 0.448. The van der Waals surface area contributed by atoms with Crippen molar-refractivity contribution in [3.63, 3.8) is 0 Å². The molecule has 1 aliphatic heterocycles.